The Bertz CT molecular complexity index is 323. The third kappa shape index (κ3) is 4.02. The molecule has 0 radical (unpaired) electrons. The molecule has 0 heterocycles. The van der Waals surface area contributed by atoms with Gasteiger partial charge in [-0.1, -0.05) is 31.5 Å². The van der Waals surface area contributed by atoms with Gasteiger partial charge in [0.05, 0.1) is 6.42 Å². The Morgan fingerprint density at radius 2 is 2.13 bits per heavy atom. The molecule has 1 amide bonds. The highest BCUT2D eigenvalue weighted by Gasteiger charge is 2.05. The van der Waals surface area contributed by atoms with Crippen LogP contribution in [0.2, 0.25) is 0 Å². The van der Waals surface area contributed by atoms with Gasteiger partial charge < -0.3 is 10.4 Å². The van der Waals surface area contributed by atoms with Crippen LogP contribution in [0.5, 0.6) is 5.75 Å². The molecule has 3 heteroatoms. The maximum absolute atomic E-state index is 11.4. The minimum Gasteiger partial charge on any atom is -0.508 e. The van der Waals surface area contributed by atoms with Crippen LogP contribution in [0.4, 0.5) is 0 Å². The first-order valence-electron chi connectivity index (χ1n) is 5.27. The molecule has 0 atom stereocenters. The molecule has 0 aromatic heterocycles. The number of carbonyl (C=O) groups excluding carboxylic acids is 1. The van der Waals surface area contributed by atoms with Crippen molar-refractivity contribution in [3.8, 4) is 5.75 Å². The third-order valence-electron chi connectivity index (χ3n) is 2.20. The molecule has 1 aromatic carbocycles. The Labute approximate surface area is 90.1 Å². The van der Waals surface area contributed by atoms with Gasteiger partial charge in [-0.3, -0.25) is 4.79 Å². The summed E-state index contributed by atoms with van der Waals surface area (Å²) in [6.45, 7) is 2.79. The summed E-state index contributed by atoms with van der Waals surface area (Å²) in [6.07, 6.45) is 2.31. The predicted octanol–water partition coefficient (Wildman–Crippen LogP) is 1.85. The summed E-state index contributed by atoms with van der Waals surface area (Å²) in [6, 6.07) is 6.91. The molecule has 0 spiro atoms. The molecule has 0 aliphatic heterocycles. The van der Waals surface area contributed by atoms with E-state index in [9.17, 15) is 9.90 Å². The van der Waals surface area contributed by atoms with Crippen LogP contribution in [-0.2, 0) is 11.2 Å². The molecule has 2 N–H and O–H groups in total. The molecule has 0 unspecified atom stereocenters. The predicted molar refractivity (Wildman–Crippen MR) is 59.7 cm³/mol. The van der Waals surface area contributed by atoms with E-state index in [1.807, 2.05) is 6.07 Å². The largest absolute Gasteiger partial charge is 0.508 e. The van der Waals surface area contributed by atoms with E-state index < -0.39 is 0 Å². The van der Waals surface area contributed by atoms with Crippen LogP contribution < -0.4 is 5.32 Å². The second-order valence-corrected chi connectivity index (χ2v) is 3.51. The average molecular weight is 207 g/mol. The molecule has 1 rings (SSSR count). The van der Waals surface area contributed by atoms with Crippen molar-refractivity contribution in [1.82, 2.24) is 5.32 Å². The lowest BCUT2D eigenvalue weighted by molar-refractivity contribution is -0.120. The van der Waals surface area contributed by atoms with Gasteiger partial charge in [0.1, 0.15) is 5.75 Å². The molecule has 82 valence electrons. The van der Waals surface area contributed by atoms with E-state index in [1.165, 1.54) is 0 Å². The number of unbranched alkanes of at least 4 members (excludes halogenated alkanes) is 1. The molecule has 0 saturated carbocycles. The Balaban J connectivity index is 2.41. The van der Waals surface area contributed by atoms with Crippen molar-refractivity contribution in [3.05, 3.63) is 29.8 Å². The van der Waals surface area contributed by atoms with Crippen LogP contribution in [0.1, 0.15) is 25.3 Å². The van der Waals surface area contributed by atoms with Crippen LogP contribution >= 0.6 is 0 Å². The first-order valence-corrected chi connectivity index (χ1v) is 5.27. The zero-order valence-corrected chi connectivity index (χ0v) is 8.99. The molecule has 15 heavy (non-hydrogen) atoms. The molecule has 0 aliphatic carbocycles. The SMILES string of the molecule is CCCCNC(=O)Cc1ccccc1O. The van der Waals surface area contributed by atoms with Crippen molar-refractivity contribution in [2.45, 2.75) is 26.2 Å². The van der Waals surface area contributed by atoms with Crippen LogP contribution in [0.25, 0.3) is 0 Å². The lowest BCUT2D eigenvalue weighted by atomic mass is 10.1. The second-order valence-electron chi connectivity index (χ2n) is 3.51. The van der Waals surface area contributed by atoms with Crippen LogP contribution in [-0.4, -0.2) is 17.6 Å². The Morgan fingerprint density at radius 1 is 1.40 bits per heavy atom. The number of aromatic hydroxyl groups is 1. The topological polar surface area (TPSA) is 49.3 Å². The fraction of sp³-hybridized carbons (Fsp3) is 0.417. The summed E-state index contributed by atoms with van der Waals surface area (Å²) in [4.78, 5) is 11.4. The summed E-state index contributed by atoms with van der Waals surface area (Å²) < 4.78 is 0. The Kier molecular flexibility index (Phi) is 4.68. The minimum absolute atomic E-state index is 0.0371. The highest BCUT2D eigenvalue weighted by atomic mass is 16.3. The molecule has 3 nitrogen and oxygen atoms in total. The maximum atomic E-state index is 11.4. The molecule has 0 saturated heterocycles. The summed E-state index contributed by atoms with van der Waals surface area (Å²) in [7, 11) is 0. The fourth-order valence-electron chi connectivity index (χ4n) is 1.30. The van der Waals surface area contributed by atoms with E-state index in [2.05, 4.69) is 12.2 Å². The van der Waals surface area contributed by atoms with E-state index in [-0.39, 0.29) is 18.1 Å². The fourth-order valence-corrected chi connectivity index (χ4v) is 1.30. The summed E-state index contributed by atoms with van der Waals surface area (Å²) >= 11 is 0. The number of carbonyl (C=O) groups is 1. The summed E-state index contributed by atoms with van der Waals surface area (Å²) in [5.41, 5.74) is 0.673. The second kappa shape index (κ2) is 6.06. The normalized spacial score (nSPS) is 9.93. The number of rotatable bonds is 5. The van der Waals surface area contributed by atoms with Gasteiger partial charge in [0, 0.05) is 12.1 Å². The van der Waals surface area contributed by atoms with Crippen molar-refractivity contribution < 1.29 is 9.90 Å². The van der Waals surface area contributed by atoms with Crippen molar-refractivity contribution in [2.24, 2.45) is 0 Å². The number of phenols is 1. The zero-order chi connectivity index (χ0) is 11.1. The maximum Gasteiger partial charge on any atom is 0.224 e. The third-order valence-corrected chi connectivity index (χ3v) is 2.20. The van der Waals surface area contributed by atoms with E-state index in [0.717, 1.165) is 12.8 Å². The number of amides is 1. The van der Waals surface area contributed by atoms with Gasteiger partial charge in [-0.2, -0.15) is 0 Å². The number of para-hydroxylation sites is 1. The van der Waals surface area contributed by atoms with Crippen molar-refractivity contribution >= 4 is 5.91 Å². The number of hydrogen-bond donors (Lipinski definition) is 2. The Morgan fingerprint density at radius 3 is 2.80 bits per heavy atom. The average Bonchev–Trinajstić information content (AvgIpc) is 2.22. The highest BCUT2D eigenvalue weighted by molar-refractivity contribution is 5.79. The van der Waals surface area contributed by atoms with Gasteiger partial charge in [0.2, 0.25) is 5.91 Å². The molecule has 1 aromatic rings. The van der Waals surface area contributed by atoms with Crippen LogP contribution in [0.3, 0.4) is 0 Å². The Hall–Kier alpha value is -1.51. The van der Waals surface area contributed by atoms with E-state index in [4.69, 9.17) is 0 Å². The standard InChI is InChI=1S/C12H17NO2/c1-2-3-8-13-12(15)9-10-6-4-5-7-11(10)14/h4-7,14H,2-3,8-9H2,1H3,(H,13,15). The van der Waals surface area contributed by atoms with Gasteiger partial charge in [-0.15, -0.1) is 0 Å². The van der Waals surface area contributed by atoms with E-state index in [0.29, 0.717) is 12.1 Å². The molecule has 0 fully saturated rings. The first-order chi connectivity index (χ1) is 7.24. The molecule has 0 aliphatic rings. The minimum atomic E-state index is -0.0371. The lowest BCUT2D eigenvalue weighted by Crippen LogP contribution is -2.25. The van der Waals surface area contributed by atoms with Gasteiger partial charge in [0.15, 0.2) is 0 Å². The van der Waals surface area contributed by atoms with Crippen molar-refractivity contribution in [3.63, 3.8) is 0 Å². The number of hydrogen-bond acceptors (Lipinski definition) is 2. The number of benzene rings is 1. The van der Waals surface area contributed by atoms with Gasteiger partial charge in [-0.05, 0) is 12.5 Å². The molecular formula is C12H17NO2. The van der Waals surface area contributed by atoms with Crippen LogP contribution in [0.15, 0.2) is 24.3 Å². The van der Waals surface area contributed by atoms with Crippen LogP contribution in [0, 0.1) is 0 Å². The summed E-state index contributed by atoms with van der Waals surface area (Å²) in [5.74, 6) is 0.146. The van der Waals surface area contributed by atoms with Gasteiger partial charge in [-0.25, -0.2) is 0 Å². The van der Waals surface area contributed by atoms with E-state index in [1.54, 1.807) is 18.2 Å². The quantitative estimate of drug-likeness (QED) is 0.724. The van der Waals surface area contributed by atoms with E-state index >= 15 is 0 Å². The zero-order valence-electron chi connectivity index (χ0n) is 8.99. The smallest absolute Gasteiger partial charge is 0.224 e. The monoisotopic (exact) mass is 207 g/mol. The van der Waals surface area contributed by atoms with Gasteiger partial charge in [0.25, 0.3) is 0 Å². The van der Waals surface area contributed by atoms with Crippen molar-refractivity contribution in [1.29, 1.82) is 0 Å². The summed E-state index contributed by atoms with van der Waals surface area (Å²) in [5, 5.41) is 12.3. The number of nitrogens with one attached hydrogen (secondary N) is 1. The van der Waals surface area contributed by atoms with Gasteiger partial charge >= 0.3 is 0 Å². The van der Waals surface area contributed by atoms with Crippen molar-refractivity contribution in [2.75, 3.05) is 6.54 Å². The highest BCUT2D eigenvalue weighted by Crippen LogP contribution is 2.15. The number of phenolic OH excluding ortho intramolecular Hbond substituents is 1. The molecule has 0 bridgehead atoms. The lowest BCUT2D eigenvalue weighted by Gasteiger charge is -2.05. The molecular weight excluding hydrogens is 190 g/mol. The first kappa shape index (κ1) is 11.6.